The lowest BCUT2D eigenvalue weighted by atomic mass is 9.83. The first-order valence-corrected chi connectivity index (χ1v) is 7.31. The van der Waals surface area contributed by atoms with Crippen LogP contribution in [0.2, 0.25) is 0 Å². The van der Waals surface area contributed by atoms with Gasteiger partial charge in [0.15, 0.2) is 0 Å². The normalized spacial score (nSPS) is 22.4. The Bertz CT molecular complexity index is 518. The quantitative estimate of drug-likeness (QED) is 0.893. The van der Waals surface area contributed by atoms with Gasteiger partial charge in [0.25, 0.3) is 0 Å². The molecule has 1 fully saturated rings. The summed E-state index contributed by atoms with van der Waals surface area (Å²) in [6.07, 6.45) is 6.73. The zero-order valence-electron chi connectivity index (χ0n) is 11.8. The van der Waals surface area contributed by atoms with Crippen LogP contribution in [0.5, 0.6) is 5.75 Å². The Morgan fingerprint density at radius 2 is 1.90 bits per heavy atom. The van der Waals surface area contributed by atoms with Crippen LogP contribution in [0.3, 0.4) is 0 Å². The van der Waals surface area contributed by atoms with Gasteiger partial charge in [0, 0.05) is 17.6 Å². The molecule has 20 heavy (non-hydrogen) atoms. The minimum absolute atomic E-state index is 0.447. The maximum absolute atomic E-state index is 5.62. The van der Waals surface area contributed by atoms with E-state index >= 15 is 0 Å². The van der Waals surface area contributed by atoms with Crippen molar-refractivity contribution in [1.82, 2.24) is 0 Å². The molecule has 3 heteroatoms. The number of nitrogens with one attached hydrogen (secondary N) is 1. The number of benzene rings is 1. The maximum atomic E-state index is 5.62. The van der Waals surface area contributed by atoms with Gasteiger partial charge in [0.05, 0.1) is 13.4 Å². The van der Waals surface area contributed by atoms with E-state index in [2.05, 4.69) is 23.5 Å². The highest BCUT2D eigenvalue weighted by Crippen LogP contribution is 2.35. The topological polar surface area (TPSA) is 34.4 Å². The highest BCUT2D eigenvalue weighted by atomic mass is 16.5. The molecule has 0 radical (unpaired) electrons. The molecule has 0 unspecified atom stereocenters. The van der Waals surface area contributed by atoms with E-state index in [1.165, 1.54) is 25.7 Å². The molecule has 1 heterocycles. The summed E-state index contributed by atoms with van der Waals surface area (Å²) < 4.78 is 10.8. The zero-order chi connectivity index (χ0) is 13.8. The average Bonchev–Trinajstić information content (AvgIpc) is 3.03. The molecule has 0 bridgehead atoms. The molecule has 1 aromatic carbocycles. The predicted octanol–water partition coefficient (Wildman–Crippen LogP) is 4.43. The predicted molar refractivity (Wildman–Crippen MR) is 80.3 cm³/mol. The van der Waals surface area contributed by atoms with E-state index in [4.69, 9.17) is 9.15 Å². The van der Waals surface area contributed by atoms with Crippen molar-refractivity contribution in [1.29, 1.82) is 0 Å². The van der Waals surface area contributed by atoms with Gasteiger partial charge >= 0.3 is 0 Å². The molecule has 0 aliphatic heterocycles. The second kappa shape index (κ2) is 6.04. The van der Waals surface area contributed by atoms with Gasteiger partial charge in [0.2, 0.25) is 0 Å². The van der Waals surface area contributed by atoms with Gasteiger partial charge in [-0.3, -0.25) is 0 Å². The van der Waals surface area contributed by atoms with Crippen LogP contribution < -0.4 is 10.1 Å². The summed E-state index contributed by atoms with van der Waals surface area (Å²) in [5.41, 5.74) is 1.15. The summed E-state index contributed by atoms with van der Waals surface area (Å²) in [5, 5.41) is 3.65. The van der Waals surface area contributed by atoms with Gasteiger partial charge in [-0.2, -0.15) is 0 Å². The van der Waals surface area contributed by atoms with Crippen molar-refractivity contribution < 1.29 is 9.15 Å². The van der Waals surface area contributed by atoms with Crippen molar-refractivity contribution in [2.75, 3.05) is 12.4 Å². The zero-order valence-corrected chi connectivity index (χ0v) is 11.8. The molecule has 1 aromatic heterocycles. The van der Waals surface area contributed by atoms with Crippen LogP contribution in [0.1, 0.15) is 37.4 Å². The molecule has 3 nitrogen and oxygen atoms in total. The summed E-state index contributed by atoms with van der Waals surface area (Å²) in [7, 11) is 1.69. The first-order valence-electron chi connectivity index (χ1n) is 7.31. The van der Waals surface area contributed by atoms with Crippen molar-refractivity contribution in [3.8, 4) is 5.75 Å². The summed E-state index contributed by atoms with van der Waals surface area (Å²) in [5.74, 6) is 2.47. The average molecular weight is 271 g/mol. The third kappa shape index (κ3) is 2.82. The van der Waals surface area contributed by atoms with E-state index < -0.39 is 0 Å². The summed E-state index contributed by atoms with van der Waals surface area (Å²) in [4.78, 5) is 0. The lowest BCUT2D eigenvalue weighted by Crippen LogP contribution is -2.30. The van der Waals surface area contributed by atoms with E-state index in [-0.39, 0.29) is 0 Å². The molecule has 1 aliphatic rings. The van der Waals surface area contributed by atoms with Gasteiger partial charge < -0.3 is 14.5 Å². The largest absolute Gasteiger partial charge is 0.497 e. The monoisotopic (exact) mass is 271 g/mol. The minimum atomic E-state index is 0.447. The van der Waals surface area contributed by atoms with Crippen LogP contribution in [0.25, 0.3) is 0 Å². The Hall–Kier alpha value is -1.90. The SMILES string of the molecule is COc1ccc(N[C@@H]2CCCC[C@@H]2c2ccco2)cc1. The Morgan fingerprint density at radius 3 is 2.60 bits per heavy atom. The minimum Gasteiger partial charge on any atom is -0.497 e. The Labute approximate surface area is 119 Å². The molecule has 0 amide bonds. The van der Waals surface area contributed by atoms with Crippen LogP contribution in [0, 0.1) is 0 Å². The van der Waals surface area contributed by atoms with Crippen LogP contribution in [-0.2, 0) is 0 Å². The van der Waals surface area contributed by atoms with Crippen molar-refractivity contribution in [3.63, 3.8) is 0 Å². The number of furan rings is 1. The molecule has 2 atom stereocenters. The van der Waals surface area contributed by atoms with Gasteiger partial charge in [-0.05, 0) is 49.2 Å². The van der Waals surface area contributed by atoms with Crippen LogP contribution in [0.4, 0.5) is 5.69 Å². The van der Waals surface area contributed by atoms with Gasteiger partial charge in [-0.25, -0.2) is 0 Å². The lowest BCUT2D eigenvalue weighted by Gasteiger charge is -2.31. The van der Waals surface area contributed by atoms with Gasteiger partial charge in [0.1, 0.15) is 11.5 Å². The van der Waals surface area contributed by atoms with E-state index in [1.807, 2.05) is 18.2 Å². The molecular weight excluding hydrogens is 250 g/mol. The number of hydrogen-bond donors (Lipinski definition) is 1. The molecule has 1 aliphatic carbocycles. The number of hydrogen-bond acceptors (Lipinski definition) is 3. The number of anilines is 1. The second-order valence-electron chi connectivity index (χ2n) is 5.39. The molecule has 106 valence electrons. The van der Waals surface area contributed by atoms with Crippen molar-refractivity contribution in [2.24, 2.45) is 0 Å². The van der Waals surface area contributed by atoms with Crippen LogP contribution in [0.15, 0.2) is 47.1 Å². The van der Waals surface area contributed by atoms with Gasteiger partial charge in [-0.1, -0.05) is 12.8 Å². The first kappa shape index (κ1) is 13.1. The summed E-state index contributed by atoms with van der Waals surface area (Å²) >= 11 is 0. The number of methoxy groups -OCH3 is 1. The highest BCUT2D eigenvalue weighted by molar-refractivity contribution is 5.47. The molecule has 1 saturated carbocycles. The lowest BCUT2D eigenvalue weighted by molar-refractivity contribution is 0.349. The maximum Gasteiger partial charge on any atom is 0.119 e. The Balaban J connectivity index is 1.73. The molecule has 1 N–H and O–H groups in total. The molecule has 0 saturated heterocycles. The first-order chi connectivity index (χ1) is 9.86. The van der Waals surface area contributed by atoms with E-state index in [0.717, 1.165) is 17.2 Å². The number of ether oxygens (including phenoxy) is 1. The van der Waals surface area contributed by atoms with Crippen molar-refractivity contribution in [3.05, 3.63) is 48.4 Å². The summed E-state index contributed by atoms with van der Waals surface area (Å²) in [6.45, 7) is 0. The Kier molecular flexibility index (Phi) is 3.95. The van der Waals surface area contributed by atoms with Crippen LogP contribution >= 0.6 is 0 Å². The third-order valence-corrected chi connectivity index (χ3v) is 4.12. The standard InChI is InChI=1S/C17H21NO2/c1-19-14-10-8-13(9-11-14)18-16-6-3-2-5-15(16)17-7-4-12-20-17/h4,7-12,15-16,18H,2-3,5-6H2,1H3/t15-,16+/m0/s1. The molecule has 2 aromatic rings. The second-order valence-corrected chi connectivity index (χ2v) is 5.39. The van der Waals surface area contributed by atoms with Crippen molar-refractivity contribution >= 4 is 5.69 Å². The van der Waals surface area contributed by atoms with Crippen molar-refractivity contribution in [2.45, 2.75) is 37.6 Å². The van der Waals surface area contributed by atoms with E-state index in [1.54, 1.807) is 13.4 Å². The van der Waals surface area contributed by atoms with Crippen LogP contribution in [-0.4, -0.2) is 13.2 Å². The Morgan fingerprint density at radius 1 is 1.10 bits per heavy atom. The smallest absolute Gasteiger partial charge is 0.119 e. The summed E-state index contributed by atoms with van der Waals surface area (Å²) in [6, 6.07) is 12.7. The molecular formula is C17H21NO2. The molecule has 3 rings (SSSR count). The fraction of sp³-hybridized carbons (Fsp3) is 0.412. The molecule has 0 spiro atoms. The van der Waals surface area contributed by atoms with E-state index in [9.17, 15) is 0 Å². The fourth-order valence-electron chi connectivity index (χ4n) is 3.05. The third-order valence-electron chi connectivity index (χ3n) is 4.12. The highest BCUT2D eigenvalue weighted by Gasteiger charge is 2.28. The number of rotatable bonds is 4. The van der Waals surface area contributed by atoms with E-state index in [0.29, 0.717) is 12.0 Å². The fourth-order valence-corrected chi connectivity index (χ4v) is 3.05. The van der Waals surface area contributed by atoms with Gasteiger partial charge in [-0.15, -0.1) is 0 Å².